The maximum absolute atomic E-state index is 13.1. The number of aromatic nitrogens is 1. The summed E-state index contributed by atoms with van der Waals surface area (Å²) in [5.74, 6) is 0. The van der Waals surface area contributed by atoms with Crippen LogP contribution in [0.4, 0.5) is 13.2 Å². The number of benzene rings is 1. The number of halogens is 3. The third-order valence-corrected chi connectivity index (χ3v) is 4.30. The van der Waals surface area contributed by atoms with Gasteiger partial charge >= 0.3 is 6.18 Å². The second-order valence-corrected chi connectivity index (χ2v) is 5.96. The lowest BCUT2D eigenvalue weighted by Crippen LogP contribution is -2.05. The number of thiophene rings is 1. The minimum Gasteiger partial charge on any atom is -0.353 e. The molecule has 0 spiro atoms. The molecule has 108 valence electrons. The van der Waals surface area contributed by atoms with Crippen LogP contribution in [0.2, 0.25) is 0 Å². The number of rotatable bonds is 2. The summed E-state index contributed by atoms with van der Waals surface area (Å²) in [4.78, 5) is 15.9. The Morgan fingerprint density at radius 2 is 1.95 bits per heavy atom. The summed E-state index contributed by atoms with van der Waals surface area (Å²) in [6.45, 7) is 1.90. The Kier molecular flexibility index (Phi) is 3.13. The molecule has 0 aliphatic carbocycles. The van der Waals surface area contributed by atoms with Crippen LogP contribution in [0.5, 0.6) is 0 Å². The van der Waals surface area contributed by atoms with E-state index in [0.29, 0.717) is 17.4 Å². The maximum Gasteiger partial charge on any atom is 0.418 e. The Bertz CT molecular complexity index is 829. The minimum atomic E-state index is -4.47. The van der Waals surface area contributed by atoms with Gasteiger partial charge in [0.05, 0.1) is 21.7 Å². The largest absolute Gasteiger partial charge is 0.418 e. The van der Waals surface area contributed by atoms with Crippen LogP contribution in [0.1, 0.15) is 20.8 Å². The Hall–Kier alpha value is -2.08. The van der Waals surface area contributed by atoms with Crippen molar-refractivity contribution in [3.63, 3.8) is 0 Å². The normalized spacial score (nSPS) is 12.0. The number of carbonyl (C=O) groups excluding carboxylic acids is 1. The van der Waals surface area contributed by atoms with E-state index in [1.54, 1.807) is 6.07 Å². The maximum atomic E-state index is 13.1. The third kappa shape index (κ3) is 2.25. The second-order valence-electron chi connectivity index (χ2n) is 4.67. The smallest absolute Gasteiger partial charge is 0.353 e. The van der Waals surface area contributed by atoms with E-state index in [1.807, 2.05) is 13.0 Å². The fourth-order valence-electron chi connectivity index (χ4n) is 2.36. The number of hydrogen-bond acceptors (Lipinski definition) is 2. The standard InChI is InChI=1S/C15H10F3NOS/c1-8-5-6-12(21-8)14-10(7-20)9-3-2-4-11(13(9)19-14)15(16,17)18/h2-7,19H,1H3. The fraction of sp³-hybridized carbons (Fsp3) is 0.133. The van der Waals surface area contributed by atoms with Crippen molar-refractivity contribution in [3.05, 3.63) is 46.3 Å². The van der Waals surface area contributed by atoms with Crippen LogP contribution < -0.4 is 0 Å². The van der Waals surface area contributed by atoms with Crippen LogP contribution in [0.3, 0.4) is 0 Å². The number of hydrogen-bond donors (Lipinski definition) is 1. The summed E-state index contributed by atoms with van der Waals surface area (Å²) in [7, 11) is 0. The van der Waals surface area contributed by atoms with Gasteiger partial charge in [-0.15, -0.1) is 11.3 Å². The fourth-order valence-corrected chi connectivity index (χ4v) is 3.24. The molecule has 3 aromatic rings. The number of carbonyl (C=O) groups is 1. The molecule has 1 N–H and O–H groups in total. The summed E-state index contributed by atoms with van der Waals surface area (Å²) < 4.78 is 39.2. The molecule has 0 fully saturated rings. The van der Waals surface area contributed by atoms with Crippen LogP contribution in [-0.2, 0) is 6.18 Å². The van der Waals surface area contributed by atoms with Crippen LogP contribution >= 0.6 is 11.3 Å². The predicted octanol–water partition coefficient (Wildman–Crippen LogP) is 5.04. The highest BCUT2D eigenvalue weighted by atomic mass is 32.1. The molecule has 1 aromatic carbocycles. The molecule has 0 unspecified atom stereocenters. The lowest BCUT2D eigenvalue weighted by atomic mass is 10.1. The Labute approximate surface area is 122 Å². The van der Waals surface area contributed by atoms with Crippen LogP contribution in [-0.4, -0.2) is 11.3 Å². The highest BCUT2D eigenvalue weighted by Gasteiger charge is 2.34. The van der Waals surface area contributed by atoms with Crippen molar-refractivity contribution in [1.82, 2.24) is 4.98 Å². The average Bonchev–Trinajstić information content (AvgIpc) is 2.99. The molecular formula is C15H10F3NOS. The van der Waals surface area contributed by atoms with Crippen molar-refractivity contribution in [2.45, 2.75) is 13.1 Å². The first-order chi connectivity index (χ1) is 9.91. The Morgan fingerprint density at radius 1 is 1.19 bits per heavy atom. The molecule has 0 aliphatic heterocycles. The summed E-state index contributed by atoms with van der Waals surface area (Å²) in [6, 6.07) is 7.51. The predicted molar refractivity (Wildman–Crippen MR) is 76.7 cm³/mol. The lowest BCUT2D eigenvalue weighted by molar-refractivity contribution is -0.136. The van der Waals surface area contributed by atoms with Crippen molar-refractivity contribution in [3.8, 4) is 10.6 Å². The molecule has 0 atom stereocenters. The van der Waals surface area contributed by atoms with Gasteiger partial charge in [-0.2, -0.15) is 13.2 Å². The summed E-state index contributed by atoms with van der Waals surface area (Å²) in [5.41, 5.74) is -0.108. The van der Waals surface area contributed by atoms with Crippen LogP contribution in [0.25, 0.3) is 21.5 Å². The zero-order chi connectivity index (χ0) is 15.2. The molecule has 3 rings (SSSR count). The summed E-state index contributed by atoms with van der Waals surface area (Å²) in [6.07, 6.45) is -3.86. The van der Waals surface area contributed by atoms with E-state index >= 15 is 0 Å². The van der Waals surface area contributed by atoms with Crippen molar-refractivity contribution in [2.75, 3.05) is 0 Å². The lowest BCUT2D eigenvalue weighted by Gasteiger charge is -2.07. The van der Waals surface area contributed by atoms with Gasteiger partial charge in [-0.05, 0) is 25.1 Å². The molecule has 0 amide bonds. The summed E-state index contributed by atoms with van der Waals surface area (Å²) >= 11 is 1.43. The van der Waals surface area contributed by atoms with Gasteiger partial charge in [0.1, 0.15) is 0 Å². The van der Waals surface area contributed by atoms with Gasteiger partial charge in [0.15, 0.2) is 6.29 Å². The van der Waals surface area contributed by atoms with Crippen molar-refractivity contribution in [1.29, 1.82) is 0 Å². The molecule has 2 nitrogen and oxygen atoms in total. The highest BCUT2D eigenvalue weighted by molar-refractivity contribution is 7.15. The van der Waals surface area contributed by atoms with E-state index in [2.05, 4.69) is 4.98 Å². The van der Waals surface area contributed by atoms with Crippen LogP contribution in [0.15, 0.2) is 30.3 Å². The molecule has 2 aromatic heterocycles. The third-order valence-electron chi connectivity index (χ3n) is 3.28. The molecule has 0 saturated carbocycles. The molecule has 0 saturated heterocycles. The van der Waals surface area contributed by atoms with E-state index in [1.165, 1.54) is 23.5 Å². The van der Waals surface area contributed by atoms with Gasteiger partial charge in [-0.1, -0.05) is 12.1 Å². The first kappa shape index (κ1) is 13.9. The van der Waals surface area contributed by atoms with Crippen molar-refractivity contribution in [2.24, 2.45) is 0 Å². The van der Waals surface area contributed by atoms with Gasteiger partial charge in [-0.3, -0.25) is 4.79 Å². The van der Waals surface area contributed by atoms with E-state index in [-0.39, 0.29) is 11.1 Å². The zero-order valence-electron chi connectivity index (χ0n) is 10.9. The number of aryl methyl sites for hydroxylation is 1. The highest BCUT2D eigenvalue weighted by Crippen LogP contribution is 2.39. The zero-order valence-corrected chi connectivity index (χ0v) is 11.7. The van der Waals surface area contributed by atoms with E-state index in [4.69, 9.17) is 0 Å². The Morgan fingerprint density at radius 3 is 2.52 bits per heavy atom. The molecule has 2 heterocycles. The first-order valence-corrected chi connectivity index (χ1v) is 6.97. The molecule has 0 bridgehead atoms. The van der Waals surface area contributed by atoms with E-state index in [0.717, 1.165) is 15.8 Å². The monoisotopic (exact) mass is 309 g/mol. The summed E-state index contributed by atoms with van der Waals surface area (Å²) in [5, 5.41) is 0.292. The number of nitrogens with one attached hydrogen (secondary N) is 1. The molecule has 0 radical (unpaired) electrons. The number of aromatic amines is 1. The van der Waals surface area contributed by atoms with Crippen molar-refractivity contribution >= 4 is 28.5 Å². The van der Waals surface area contributed by atoms with Gasteiger partial charge in [0.25, 0.3) is 0 Å². The van der Waals surface area contributed by atoms with Gasteiger partial charge < -0.3 is 4.98 Å². The molecule has 6 heteroatoms. The Balaban J connectivity index is 2.35. The van der Waals surface area contributed by atoms with E-state index in [9.17, 15) is 18.0 Å². The number of fused-ring (bicyclic) bond motifs is 1. The number of aldehydes is 1. The average molecular weight is 309 g/mol. The number of alkyl halides is 3. The topological polar surface area (TPSA) is 32.9 Å². The van der Waals surface area contributed by atoms with Gasteiger partial charge in [0, 0.05) is 15.8 Å². The minimum absolute atomic E-state index is 0.0480. The first-order valence-electron chi connectivity index (χ1n) is 6.15. The van der Waals surface area contributed by atoms with E-state index < -0.39 is 11.7 Å². The number of para-hydroxylation sites is 1. The number of H-pyrrole nitrogens is 1. The molecular weight excluding hydrogens is 299 g/mol. The molecule has 0 aliphatic rings. The van der Waals surface area contributed by atoms with Crippen molar-refractivity contribution < 1.29 is 18.0 Å². The second kappa shape index (κ2) is 4.73. The van der Waals surface area contributed by atoms with Crippen LogP contribution in [0, 0.1) is 6.92 Å². The van der Waals surface area contributed by atoms with Gasteiger partial charge in [0.2, 0.25) is 0 Å². The van der Waals surface area contributed by atoms with Gasteiger partial charge in [-0.25, -0.2) is 0 Å². The quantitative estimate of drug-likeness (QED) is 0.661. The SMILES string of the molecule is Cc1ccc(-c2[nH]c3c(C(F)(F)F)cccc3c2C=O)s1. The molecule has 21 heavy (non-hydrogen) atoms.